The van der Waals surface area contributed by atoms with E-state index in [-0.39, 0.29) is 16.9 Å². The van der Waals surface area contributed by atoms with Crippen molar-refractivity contribution in [1.29, 1.82) is 0 Å². The van der Waals surface area contributed by atoms with Crippen LogP contribution in [0.1, 0.15) is 56.4 Å². The molecule has 0 heterocycles. The third-order valence-electron chi connectivity index (χ3n) is 4.86. The van der Waals surface area contributed by atoms with E-state index in [1.165, 1.54) is 33.4 Å². The van der Waals surface area contributed by atoms with E-state index in [1.807, 2.05) is 0 Å². The van der Waals surface area contributed by atoms with Crippen molar-refractivity contribution in [2.24, 2.45) is 0 Å². The van der Waals surface area contributed by atoms with E-state index in [1.54, 1.807) is 6.92 Å². The Balaban J connectivity index is 0.00000172. The number of likely N-dealkylation sites (N-methyl/N-ethyl adjacent to an activating group) is 1. The Morgan fingerprint density at radius 2 is 1.36 bits per heavy atom. The molecule has 3 nitrogen and oxygen atoms in total. The van der Waals surface area contributed by atoms with Crippen molar-refractivity contribution in [3.8, 4) is 0 Å². The molecule has 1 amide bonds. The Morgan fingerprint density at radius 3 is 1.79 bits per heavy atom. The maximum absolute atomic E-state index is 12.9. The minimum atomic E-state index is -4.57. The lowest BCUT2D eigenvalue weighted by Crippen LogP contribution is -2.28. The fraction of sp³-hybridized carbons (Fsp3) is 0.375. The van der Waals surface area contributed by atoms with E-state index in [0.29, 0.717) is 16.7 Å². The van der Waals surface area contributed by atoms with Crippen molar-refractivity contribution in [3.05, 3.63) is 64.2 Å². The van der Waals surface area contributed by atoms with E-state index < -0.39 is 29.4 Å². The summed E-state index contributed by atoms with van der Waals surface area (Å²) in [6.45, 7) is 8.84. The van der Waals surface area contributed by atoms with Gasteiger partial charge in [-0.2, -0.15) is 26.3 Å². The quantitative estimate of drug-likeness (QED) is 0.285. The van der Waals surface area contributed by atoms with Crippen LogP contribution in [0.15, 0.2) is 42.0 Å². The third kappa shape index (κ3) is 7.00. The summed E-state index contributed by atoms with van der Waals surface area (Å²) in [6.07, 6.45) is -7.80. The highest BCUT2D eigenvalue weighted by atomic mass is 19.4. The zero-order valence-electron chi connectivity index (χ0n) is 19.4. The number of rotatable bonds is 3. The van der Waals surface area contributed by atoms with Gasteiger partial charge in [0.25, 0.3) is 5.91 Å². The average molecular weight is 474 g/mol. The highest BCUT2D eigenvalue weighted by Crippen LogP contribution is 2.35. The summed E-state index contributed by atoms with van der Waals surface area (Å²) in [6, 6.07) is 5.88. The molecule has 0 saturated heterocycles. The molecule has 0 bridgehead atoms. The number of nitrogen functional groups attached to an aromatic ring is 1. The number of hydrogen-bond donors (Lipinski definition) is 1. The monoisotopic (exact) mass is 474 g/mol. The molecule has 0 saturated carbocycles. The molecule has 0 aliphatic rings. The number of benzene rings is 2. The minimum absolute atomic E-state index is 0.0873. The number of carbonyl (C=O) groups excluding carboxylic acids is 1. The molecule has 0 aliphatic carbocycles. The first-order valence-electron chi connectivity index (χ1n) is 10.2. The summed E-state index contributed by atoms with van der Waals surface area (Å²) < 4.78 is 77.0. The number of allylic oxidation sites excluding steroid dienone is 1. The molecule has 182 valence electrons. The molecule has 2 aromatic rings. The number of amides is 1. The number of nitrogens with two attached hydrogens (primary N) is 1. The molecule has 33 heavy (non-hydrogen) atoms. The number of hydrogen-bond acceptors (Lipinski definition) is 2. The van der Waals surface area contributed by atoms with Crippen molar-refractivity contribution in [2.75, 3.05) is 17.7 Å². The molecule has 0 fully saturated rings. The summed E-state index contributed by atoms with van der Waals surface area (Å²) in [7, 11) is 1.36. The van der Waals surface area contributed by atoms with Crippen LogP contribution in [0.4, 0.5) is 37.7 Å². The zero-order valence-corrected chi connectivity index (χ0v) is 19.4. The number of nitrogens with zero attached hydrogens (tertiary/aromatic N) is 1. The summed E-state index contributed by atoms with van der Waals surface area (Å²) >= 11 is 0. The molecule has 2 rings (SSSR count). The molecule has 0 radical (unpaired) electrons. The molecule has 9 heteroatoms. The number of anilines is 2. The van der Waals surface area contributed by atoms with Gasteiger partial charge in [-0.05, 0) is 67.8 Å². The number of halogens is 6. The first-order chi connectivity index (χ1) is 15.1. The van der Waals surface area contributed by atoms with Gasteiger partial charge < -0.3 is 10.6 Å². The Morgan fingerprint density at radius 1 is 0.909 bits per heavy atom. The predicted molar refractivity (Wildman–Crippen MR) is 120 cm³/mol. The Bertz CT molecular complexity index is 1020. The Kier molecular flexibility index (Phi) is 9.15. The summed E-state index contributed by atoms with van der Waals surface area (Å²) in [5.41, 5.74) is 5.31. The second kappa shape index (κ2) is 10.8. The first-order valence-corrected chi connectivity index (χ1v) is 10.2. The lowest BCUT2D eigenvalue weighted by molar-refractivity contribution is -0.138. The Labute approximate surface area is 189 Å². The van der Waals surface area contributed by atoms with Gasteiger partial charge in [-0.3, -0.25) is 4.79 Å². The minimum Gasteiger partial charge on any atom is -0.397 e. The van der Waals surface area contributed by atoms with Gasteiger partial charge in [0.05, 0.1) is 22.5 Å². The molecule has 0 aromatic heterocycles. The highest BCUT2D eigenvalue weighted by molar-refractivity contribution is 6.10. The van der Waals surface area contributed by atoms with Gasteiger partial charge in [0.2, 0.25) is 0 Å². The van der Waals surface area contributed by atoms with Crippen molar-refractivity contribution < 1.29 is 31.1 Å². The normalized spacial score (nSPS) is 12.5. The predicted octanol–water partition coefficient (Wildman–Crippen LogP) is 7.49. The largest absolute Gasteiger partial charge is 0.416 e. The maximum atomic E-state index is 12.9. The van der Waals surface area contributed by atoms with Gasteiger partial charge in [-0.1, -0.05) is 26.3 Å². The van der Waals surface area contributed by atoms with Gasteiger partial charge in [0.15, 0.2) is 0 Å². The van der Waals surface area contributed by atoms with Gasteiger partial charge in [-0.15, -0.1) is 0 Å². The average Bonchev–Trinajstić information content (AvgIpc) is 2.70. The summed E-state index contributed by atoms with van der Waals surface area (Å²) in [5, 5.41) is 0. The molecule has 0 aliphatic heterocycles. The van der Waals surface area contributed by atoms with Gasteiger partial charge >= 0.3 is 12.4 Å². The fourth-order valence-electron chi connectivity index (χ4n) is 3.02. The molecule has 0 atom stereocenters. The van der Waals surface area contributed by atoms with Crippen LogP contribution in [0, 0.1) is 6.92 Å². The van der Waals surface area contributed by atoms with Gasteiger partial charge in [0.1, 0.15) is 0 Å². The highest BCUT2D eigenvalue weighted by Gasteiger charge is 2.32. The van der Waals surface area contributed by atoms with Crippen molar-refractivity contribution in [3.63, 3.8) is 0 Å². The van der Waals surface area contributed by atoms with E-state index in [2.05, 4.69) is 13.8 Å². The van der Waals surface area contributed by atoms with Crippen LogP contribution in [0.25, 0.3) is 5.57 Å². The molecular formula is C24H28F6N2O. The standard InChI is InChI=1S/C21H20F6N2O.C3H8/c1-11-9-14(20(22,23)24)5-7-16(11)12(2)13(3)19(30)29(4)18-8-6-15(10-17(18)28)21(25,26)27;1-3-2/h5-10H,28H2,1-4H3;3H2,1-2H3/b13-12+;. The van der Waals surface area contributed by atoms with Crippen LogP contribution in [0.5, 0.6) is 0 Å². The van der Waals surface area contributed by atoms with Crippen LogP contribution in [0.3, 0.4) is 0 Å². The molecule has 2 aromatic carbocycles. The van der Waals surface area contributed by atoms with E-state index in [4.69, 9.17) is 5.73 Å². The van der Waals surface area contributed by atoms with Crippen molar-refractivity contribution in [1.82, 2.24) is 0 Å². The van der Waals surface area contributed by atoms with Crippen LogP contribution < -0.4 is 10.6 Å². The lowest BCUT2D eigenvalue weighted by atomic mass is 9.95. The molecule has 0 unspecified atom stereocenters. The zero-order chi connectivity index (χ0) is 25.7. The number of carbonyl (C=O) groups is 1. The van der Waals surface area contributed by atoms with Crippen molar-refractivity contribution in [2.45, 2.75) is 53.4 Å². The van der Waals surface area contributed by atoms with Crippen molar-refractivity contribution >= 4 is 22.9 Å². The van der Waals surface area contributed by atoms with Crippen LogP contribution >= 0.6 is 0 Å². The SMILES string of the molecule is C/C(C(=O)N(C)c1ccc(C(F)(F)F)cc1N)=C(/C)c1ccc(C(F)(F)F)cc1C.CCC. The summed E-state index contributed by atoms with van der Waals surface area (Å²) in [5.74, 6) is -0.543. The molecule has 0 spiro atoms. The van der Waals surface area contributed by atoms with E-state index >= 15 is 0 Å². The second-order valence-electron chi connectivity index (χ2n) is 7.62. The maximum Gasteiger partial charge on any atom is 0.416 e. The van der Waals surface area contributed by atoms with Gasteiger partial charge in [-0.25, -0.2) is 0 Å². The van der Waals surface area contributed by atoms with Gasteiger partial charge in [0, 0.05) is 12.6 Å². The first kappa shape index (κ1) is 28.1. The number of aryl methyl sites for hydroxylation is 1. The second-order valence-corrected chi connectivity index (χ2v) is 7.62. The van der Waals surface area contributed by atoms with Crippen LogP contribution in [-0.4, -0.2) is 13.0 Å². The van der Waals surface area contributed by atoms with Crippen LogP contribution in [-0.2, 0) is 17.1 Å². The topological polar surface area (TPSA) is 46.3 Å². The smallest absolute Gasteiger partial charge is 0.397 e. The molecular weight excluding hydrogens is 446 g/mol. The van der Waals surface area contributed by atoms with E-state index in [0.717, 1.165) is 35.2 Å². The lowest BCUT2D eigenvalue weighted by Gasteiger charge is -2.22. The third-order valence-corrected chi connectivity index (χ3v) is 4.86. The van der Waals surface area contributed by atoms with Crippen LogP contribution in [0.2, 0.25) is 0 Å². The number of alkyl halides is 6. The van der Waals surface area contributed by atoms with E-state index in [9.17, 15) is 31.1 Å². The Hall–Kier alpha value is -2.97. The fourth-order valence-corrected chi connectivity index (χ4v) is 3.02. The molecule has 2 N–H and O–H groups in total. The summed E-state index contributed by atoms with van der Waals surface area (Å²) in [4.78, 5) is 13.9.